The van der Waals surface area contributed by atoms with Gasteiger partial charge >= 0.3 is 0 Å². The van der Waals surface area contributed by atoms with Crippen LogP contribution in [0, 0.1) is 25.2 Å². The summed E-state index contributed by atoms with van der Waals surface area (Å²) in [5, 5.41) is 14.5. The van der Waals surface area contributed by atoms with Gasteiger partial charge in [-0.2, -0.15) is 5.26 Å². The highest BCUT2D eigenvalue weighted by Gasteiger charge is 2.12. The first-order chi connectivity index (χ1) is 13.4. The Morgan fingerprint density at radius 2 is 1.46 bits per heavy atom. The summed E-state index contributed by atoms with van der Waals surface area (Å²) < 4.78 is 0. The van der Waals surface area contributed by atoms with Crippen LogP contribution < -0.4 is 10.6 Å². The highest BCUT2D eigenvalue weighted by atomic mass is 16.2. The zero-order chi connectivity index (χ0) is 20.1. The third-order valence-corrected chi connectivity index (χ3v) is 3.99. The molecule has 0 unspecified atom stereocenters. The average molecular weight is 370 g/mol. The zero-order valence-electron chi connectivity index (χ0n) is 15.5. The number of amides is 2. The van der Waals surface area contributed by atoms with Crippen LogP contribution in [0.15, 0.2) is 60.9 Å². The van der Waals surface area contributed by atoms with E-state index < -0.39 is 5.91 Å². The summed E-state index contributed by atoms with van der Waals surface area (Å²) in [7, 11) is 0. The average Bonchev–Trinajstić information content (AvgIpc) is 2.67. The van der Waals surface area contributed by atoms with E-state index in [9.17, 15) is 9.59 Å². The van der Waals surface area contributed by atoms with Crippen LogP contribution in [-0.4, -0.2) is 16.8 Å². The van der Waals surface area contributed by atoms with Gasteiger partial charge in [-0.15, -0.1) is 0 Å². The van der Waals surface area contributed by atoms with E-state index in [0.717, 1.165) is 11.1 Å². The van der Waals surface area contributed by atoms with E-state index in [1.165, 1.54) is 18.5 Å². The number of hydrogen-bond acceptors (Lipinski definition) is 4. The summed E-state index contributed by atoms with van der Waals surface area (Å²) in [6, 6.07) is 15.8. The number of rotatable bonds is 4. The molecular weight excluding hydrogens is 352 g/mol. The molecule has 1 heterocycles. The number of aryl methyl sites for hydroxylation is 2. The normalized spacial score (nSPS) is 10.0. The van der Waals surface area contributed by atoms with Gasteiger partial charge in [0.05, 0.1) is 22.8 Å². The molecule has 2 amide bonds. The van der Waals surface area contributed by atoms with Crippen molar-refractivity contribution >= 4 is 23.2 Å². The number of carbonyl (C=O) groups excluding carboxylic acids is 2. The van der Waals surface area contributed by atoms with Gasteiger partial charge in [-0.05, 0) is 61.4 Å². The van der Waals surface area contributed by atoms with Crippen molar-refractivity contribution in [2.75, 3.05) is 10.6 Å². The van der Waals surface area contributed by atoms with E-state index in [1.54, 1.807) is 24.3 Å². The maximum atomic E-state index is 12.5. The Hall–Kier alpha value is -3.98. The van der Waals surface area contributed by atoms with Crippen LogP contribution in [0.2, 0.25) is 0 Å². The van der Waals surface area contributed by atoms with Crippen LogP contribution in [0.4, 0.5) is 11.4 Å². The molecule has 2 aromatic carbocycles. The molecule has 0 atom stereocenters. The van der Waals surface area contributed by atoms with Crippen LogP contribution in [0.25, 0.3) is 0 Å². The molecule has 1 aromatic heterocycles. The van der Waals surface area contributed by atoms with Gasteiger partial charge in [0.1, 0.15) is 0 Å². The molecule has 28 heavy (non-hydrogen) atoms. The van der Waals surface area contributed by atoms with E-state index in [1.807, 2.05) is 38.1 Å². The molecule has 0 saturated heterocycles. The molecule has 0 aliphatic heterocycles. The van der Waals surface area contributed by atoms with Gasteiger partial charge in [-0.1, -0.05) is 12.1 Å². The molecular formula is C22H18N4O2. The molecule has 2 N–H and O–H groups in total. The minimum absolute atomic E-state index is 0.246. The third kappa shape index (κ3) is 4.59. The Labute approximate surface area is 162 Å². The number of nitrogens with zero attached hydrogens (tertiary/aromatic N) is 2. The Morgan fingerprint density at radius 3 is 2.07 bits per heavy atom. The number of aromatic nitrogens is 1. The standard InChI is InChI=1S/C22H18N4O2/c1-14-6-15(2)8-20(7-14)26-22(28)18-10-17(12-24-13-18)21(27)25-19-5-3-4-16(9-19)11-23/h3-10,12-13H,1-2H3,(H,25,27)(H,26,28). The van der Waals surface area contributed by atoms with E-state index >= 15 is 0 Å². The summed E-state index contributed by atoms with van der Waals surface area (Å²) in [5.74, 6) is -0.762. The topological polar surface area (TPSA) is 94.9 Å². The van der Waals surface area contributed by atoms with Crippen LogP contribution >= 0.6 is 0 Å². The number of carbonyl (C=O) groups is 2. The predicted molar refractivity (Wildman–Crippen MR) is 107 cm³/mol. The van der Waals surface area contributed by atoms with Gasteiger partial charge in [0.15, 0.2) is 0 Å². The third-order valence-electron chi connectivity index (χ3n) is 3.99. The number of benzene rings is 2. The minimum atomic E-state index is -0.413. The van der Waals surface area contributed by atoms with Crippen molar-refractivity contribution in [3.8, 4) is 6.07 Å². The molecule has 6 nitrogen and oxygen atoms in total. The second-order valence-electron chi connectivity index (χ2n) is 6.44. The van der Waals surface area contributed by atoms with Crippen LogP contribution in [0.1, 0.15) is 37.4 Å². The molecule has 0 bridgehead atoms. The first kappa shape index (κ1) is 18.8. The van der Waals surface area contributed by atoms with Crippen molar-refractivity contribution in [3.05, 3.63) is 88.7 Å². The van der Waals surface area contributed by atoms with Crippen molar-refractivity contribution in [2.24, 2.45) is 0 Å². The SMILES string of the molecule is Cc1cc(C)cc(NC(=O)c2cncc(C(=O)Nc3cccc(C#N)c3)c2)c1. The molecule has 0 spiro atoms. The van der Waals surface area contributed by atoms with Gasteiger partial charge in [0, 0.05) is 23.8 Å². The first-order valence-electron chi connectivity index (χ1n) is 8.61. The molecule has 138 valence electrons. The van der Waals surface area contributed by atoms with E-state index in [4.69, 9.17) is 5.26 Å². The first-order valence-corrected chi connectivity index (χ1v) is 8.61. The number of hydrogen-bond donors (Lipinski definition) is 2. The van der Waals surface area contributed by atoms with Gasteiger partial charge in [-0.25, -0.2) is 0 Å². The lowest BCUT2D eigenvalue weighted by atomic mass is 10.1. The van der Waals surface area contributed by atoms with Gasteiger partial charge < -0.3 is 10.6 Å². The maximum Gasteiger partial charge on any atom is 0.257 e. The molecule has 0 saturated carbocycles. The Balaban J connectivity index is 1.76. The molecule has 0 fully saturated rings. The second-order valence-corrected chi connectivity index (χ2v) is 6.44. The maximum absolute atomic E-state index is 12.5. The van der Waals surface area contributed by atoms with E-state index in [-0.39, 0.29) is 17.0 Å². The molecule has 0 radical (unpaired) electrons. The summed E-state index contributed by atoms with van der Waals surface area (Å²) in [5.41, 5.74) is 4.23. The lowest BCUT2D eigenvalue weighted by Crippen LogP contribution is -2.16. The Morgan fingerprint density at radius 1 is 0.857 bits per heavy atom. The number of nitrogens with one attached hydrogen (secondary N) is 2. The monoisotopic (exact) mass is 370 g/mol. The van der Waals surface area contributed by atoms with Crippen molar-refractivity contribution in [2.45, 2.75) is 13.8 Å². The largest absolute Gasteiger partial charge is 0.322 e. The lowest BCUT2D eigenvalue weighted by molar-refractivity contribution is 0.102. The molecule has 0 aliphatic carbocycles. The molecule has 0 aliphatic rings. The fraction of sp³-hybridized carbons (Fsp3) is 0.0909. The van der Waals surface area contributed by atoms with Crippen LogP contribution in [0.5, 0.6) is 0 Å². The predicted octanol–water partition coefficient (Wildman–Crippen LogP) is 4.07. The number of nitriles is 1. The van der Waals surface area contributed by atoms with Crippen LogP contribution in [0.3, 0.4) is 0 Å². The van der Waals surface area contributed by atoms with Gasteiger partial charge in [-0.3, -0.25) is 14.6 Å². The Kier molecular flexibility index (Phi) is 5.47. The highest BCUT2D eigenvalue weighted by Crippen LogP contribution is 2.16. The second kappa shape index (κ2) is 8.14. The van der Waals surface area contributed by atoms with Crippen molar-refractivity contribution in [1.82, 2.24) is 4.98 Å². The Bertz CT molecular complexity index is 1080. The van der Waals surface area contributed by atoms with Crippen molar-refractivity contribution in [3.63, 3.8) is 0 Å². The van der Waals surface area contributed by atoms with Gasteiger partial charge in [0.2, 0.25) is 0 Å². The number of anilines is 2. The summed E-state index contributed by atoms with van der Waals surface area (Å²) in [6.45, 7) is 3.91. The zero-order valence-corrected chi connectivity index (χ0v) is 15.5. The lowest BCUT2D eigenvalue weighted by Gasteiger charge is -2.09. The quantitative estimate of drug-likeness (QED) is 0.723. The molecule has 3 rings (SSSR count). The fourth-order valence-corrected chi connectivity index (χ4v) is 2.81. The summed E-state index contributed by atoms with van der Waals surface area (Å²) in [6.07, 6.45) is 2.79. The molecule has 6 heteroatoms. The van der Waals surface area contributed by atoms with Gasteiger partial charge in [0.25, 0.3) is 11.8 Å². The summed E-state index contributed by atoms with van der Waals surface area (Å²) in [4.78, 5) is 29.0. The van der Waals surface area contributed by atoms with Crippen molar-refractivity contribution in [1.29, 1.82) is 5.26 Å². The summed E-state index contributed by atoms with van der Waals surface area (Å²) >= 11 is 0. The van der Waals surface area contributed by atoms with Crippen LogP contribution in [-0.2, 0) is 0 Å². The minimum Gasteiger partial charge on any atom is -0.322 e. The van der Waals surface area contributed by atoms with E-state index in [2.05, 4.69) is 15.6 Å². The fourth-order valence-electron chi connectivity index (χ4n) is 2.81. The molecule has 3 aromatic rings. The number of pyridine rings is 1. The van der Waals surface area contributed by atoms with E-state index in [0.29, 0.717) is 16.9 Å². The highest BCUT2D eigenvalue weighted by molar-refractivity contribution is 6.08. The smallest absolute Gasteiger partial charge is 0.257 e. The van der Waals surface area contributed by atoms with Crippen molar-refractivity contribution < 1.29 is 9.59 Å².